The van der Waals surface area contributed by atoms with Gasteiger partial charge in [-0.25, -0.2) is 0 Å². The van der Waals surface area contributed by atoms with Crippen molar-refractivity contribution in [2.75, 3.05) is 33.7 Å². The van der Waals surface area contributed by atoms with E-state index in [0.717, 1.165) is 26.1 Å². The quantitative estimate of drug-likeness (QED) is 0.499. The van der Waals surface area contributed by atoms with Gasteiger partial charge in [0.25, 0.3) is 0 Å². The molecule has 3 heteroatoms. The molecular weight excluding hydrogens is 140 g/mol. The minimum atomic E-state index is 0.275. The number of hydrogen-bond acceptors (Lipinski definition) is 2. The molecule has 1 fully saturated rings. The van der Waals surface area contributed by atoms with E-state index in [2.05, 4.69) is 11.9 Å². The van der Waals surface area contributed by atoms with Gasteiger partial charge in [-0.3, -0.25) is 4.79 Å². The second-order valence-corrected chi connectivity index (χ2v) is 3.22. The van der Waals surface area contributed by atoms with Gasteiger partial charge < -0.3 is 9.80 Å². The van der Waals surface area contributed by atoms with Crippen molar-refractivity contribution in [3.8, 4) is 0 Å². The molecule has 0 atom stereocenters. The summed E-state index contributed by atoms with van der Waals surface area (Å²) in [5.74, 6) is 0.275. The lowest BCUT2D eigenvalue weighted by molar-refractivity contribution is -0.130. The van der Waals surface area contributed by atoms with Crippen LogP contribution in [0.5, 0.6) is 0 Å². The Bertz CT molecular complexity index is 147. The SMILES string of the molecule is CN1CCCN(C)C(=O)CC1. The summed E-state index contributed by atoms with van der Waals surface area (Å²) < 4.78 is 0. The topological polar surface area (TPSA) is 23.6 Å². The zero-order valence-corrected chi connectivity index (χ0v) is 7.34. The van der Waals surface area contributed by atoms with Crippen LogP contribution in [0.15, 0.2) is 0 Å². The molecule has 0 spiro atoms. The maximum Gasteiger partial charge on any atom is 0.223 e. The van der Waals surface area contributed by atoms with Crippen LogP contribution in [-0.2, 0) is 4.79 Å². The van der Waals surface area contributed by atoms with Crippen molar-refractivity contribution in [1.82, 2.24) is 9.80 Å². The van der Waals surface area contributed by atoms with Gasteiger partial charge in [0.1, 0.15) is 0 Å². The highest BCUT2D eigenvalue weighted by Crippen LogP contribution is 2.00. The monoisotopic (exact) mass is 156 g/mol. The Hall–Kier alpha value is -0.570. The Labute approximate surface area is 68.0 Å². The van der Waals surface area contributed by atoms with E-state index in [1.54, 1.807) is 0 Å². The number of hydrogen-bond donors (Lipinski definition) is 0. The molecule has 1 rings (SSSR count). The Balaban J connectivity index is 2.41. The van der Waals surface area contributed by atoms with Crippen molar-refractivity contribution in [1.29, 1.82) is 0 Å². The van der Waals surface area contributed by atoms with E-state index in [-0.39, 0.29) is 5.91 Å². The first-order chi connectivity index (χ1) is 5.20. The number of amides is 1. The second-order valence-electron chi connectivity index (χ2n) is 3.22. The van der Waals surface area contributed by atoms with Crippen LogP contribution in [0.4, 0.5) is 0 Å². The molecule has 1 saturated heterocycles. The number of carbonyl (C=O) groups excluding carboxylic acids is 1. The summed E-state index contributed by atoms with van der Waals surface area (Å²) in [6.45, 7) is 2.92. The Morgan fingerprint density at radius 2 is 1.91 bits per heavy atom. The summed E-state index contributed by atoms with van der Waals surface area (Å²) >= 11 is 0. The molecule has 0 bridgehead atoms. The largest absolute Gasteiger partial charge is 0.346 e. The lowest BCUT2D eigenvalue weighted by Crippen LogP contribution is -2.36. The zero-order chi connectivity index (χ0) is 8.27. The molecular formula is C8H16N2O. The summed E-state index contributed by atoms with van der Waals surface area (Å²) in [5, 5.41) is 0. The maximum atomic E-state index is 11.2. The number of rotatable bonds is 0. The van der Waals surface area contributed by atoms with E-state index < -0.39 is 0 Å². The second kappa shape index (κ2) is 3.72. The molecule has 0 aromatic heterocycles. The van der Waals surface area contributed by atoms with Crippen molar-refractivity contribution in [2.45, 2.75) is 12.8 Å². The van der Waals surface area contributed by atoms with E-state index >= 15 is 0 Å². The molecule has 1 heterocycles. The molecule has 3 nitrogen and oxygen atoms in total. The van der Waals surface area contributed by atoms with Gasteiger partial charge in [0, 0.05) is 26.6 Å². The van der Waals surface area contributed by atoms with Gasteiger partial charge in [-0.2, -0.15) is 0 Å². The number of carbonyl (C=O) groups is 1. The highest BCUT2D eigenvalue weighted by atomic mass is 16.2. The molecule has 0 unspecified atom stereocenters. The predicted molar refractivity (Wildman–Crippen MR) is 44.4 cm³/mol. The Morgan fingerprint density at radius 3 is 2.64 bits per heavy atom. The zero-order valence-electron chi connectivity index (χ0n) is 7.34. The normalized spacial score (nSPS) is 23.1. The lowest BCUT2D eigenvalue weighted by Gasteiger charge is -2.24. The van der Waals surface area contributed by atoms with Crippen LogP contribution in [0.1, 0.15) is 12.8 Å². The van der Waals surface area contributed by atoms with Crippen LogP contribution in [0.3, 0.4) is 0 Å². The van der Waals surface area contributed by atoms with Crippen molar-refractivity contribution in [3.05, 3.63) is 0 Å². The van der Waals surface area contributed by atoms with Crippen LogP contribution in [-0.4, -0.2) is 49.4 Å². The van der Waals surface area contributed by atoms with Crippen LogP contribution >= 0.6 is 0 Å². The molecule has 1 aliphatic heterocycles. The van der Waals surface area contributed by atoms with Gasteiger partial charge in [-0.1, -0.05) is 0 Å². The van der Waals surface area contributed by atoms with Crippen molar-refractivity contribution >= 4 is 5.91 Å². The van der Waals surface area contributed by atoms with Crippen LogP contribution in [0, 0.1) is 0 Å². The third-order valence-electron chi connectivity index (χ3n) is 2.17. The highest BCUT2D eigenvalue weighted by molar-refractivity contribution is 5.76. The van der Waals surface area contributed by atoms with Gasteiger partial charge in [0.15, 0.2) is 0 Å². The van der Waals surface area contributed by atoms with Gasteiger partial charge in [0.2, 0.25) is 5.91 Å². The third kappa shape index (κ3) is 2.50. The van der Waals surface area contributed by atoms with Crippen LogP contribution < -0.4 is 0 Å². The van der Waals surface area contributed by atoms with Gasteiger partial charge in [0.05, 0.1) is 0 Å². The van der Waals surface area contributed by atoms with Crippen molar-refractivity contribution in [2.24, 2.45) is 0 Å². The van der Waals surface area contributed by atoms with E-state index in [1.165, 1.54) is 0 Å². The highest BCUT2D eigenvalue weighted by Gasteiger charge is 2.12. The standard InChI is InChI=1S/C8H16N2O/c1-9-5-3-6-10(2)8(11)4-7-9/h3-7H2,1-2H3. The van der Waals surface area contributed by atoms with Gasteiger partial charge in [-0.15, -0.1) is 0 Å². The molecule has 0 aromatic rings. The Morgan fingerprint density at radius 1 is 1.18 bits per heavy atom. The fraction of sp³-hybridized carbons (Fsp3) is 0.875. The fourth-order valence-corrected chi connectivity index (χ4v) is 1.29. The first kappa shape index (κ1) is 8.53. The average Bonchev–Trinajstić information content (AvgIpc) is 1.98. The smallest absolute Gasteiger partial charge is 0.223 e. The molecule has 0 N–H and O–H groups in total. The summed E-state index contributed by atoms with van der Waals surface area (Å²) in [6.07, 6.45) is 1.77. The Kier molecular flexibility index (Phi) is 2.88. The molecule has 0 aliphatic carbocycles. The minimum Gasteiger partial charge on any atom is -0.346 e. The van der Waals surface area contributed by atoms with E-state index in [0.29, 0.717) is 6.42 Å². The molecule has 0 aromatic carbocycles. The predicted octanol–water partition coefficient (Wildman–Crippen LogP) is 0.170. The van der Waals surface area contributed by atoms with E-state index in [4.69, 9.17) is 0 Å². The summed E-state index contributed by atoms with van der Waals surface area (Å²) in [5.41, 5.74) is 0. The average molecular weight is 156 g/mol. The lowest BCUT2D eigenvalue weighted by atomic mass is 10.2. The molecule has 1 aliphatic rings. The number of nitrogens with zero attached hydrogens (tertiary/aromatic N) is 2. The fourth-order valence-electron chi connectivity index (χ4n) is 1.29. The molecule has 11 heavy (non-hydrogen) atoms. The molecule has 0 radical (unpaired) electrons. The minimum absolute atomic E-state index is 0.275. The summed E-state index contributed by atoms with van der Waals surface area (Å²) in [4.78, 5) is 15.3. The maximum absolute atomic E-state index is 11.2. The summed E-state index contributed by atoms with van der Waals surface area (Å²) in [7, 11) is 3.95. The first-order valence-corrected chi connectivity index (χ1v) is 4.12. The van der Waals surface area contributed by atoms with Gasteiger partial charge in [-0.05, 0) is 20.0 Å². The summed E-state index contributed by atoms with van der Waals surface area (Å²) in [6, 6.07) is 0. The van der Waals surface area contributed by atoms with Crippen LogP contribution in [0.2, 0.25) is 0 Å². The molecule has 1 amide bonds. The molecule has 0 saturated carbocycles. The molecule has 64 valence electrons. The van der Waals surface area contributed by atoms with E-state index in [9.17, 15) is 4.79 Å². The van der Waals surface area contributed by atoms with Crippen molar-refractivity contribution in [3.63, 3.8) is 0 Å². The van der Waals surface area contributed by atoms with E-state index in [1.807, 2.05) is 11.9 Å². The van der Waals surface area contributed by atoms with Gasteiger partial charge >= 0.3 is 0 Å². The third-order valence-corrected chi connectivity index (χ3v) is 2.17. The first-order valence-electron chi connectivity index (χ1n) is 4.12. The van der Waals surface area contributed by atoms with Crippen molar-refractivity contribution < 1.29 is 4.79 Å². The van der Waals surface area contributed by atoms with Crippen LogP contribution in [0.25, 0.3) is 0 Å².